The maximum absolute atomic E-state index is 14.8. The minimum Gasteiger partial charge on any atom is -0.477 e. The summed E-state index contributed by atoms with van der Waals surface area (Å²) in [7, 11) is -4.56. The van der Waals surface area contributed by atoms with Crippen molar-refractivity contribution < 1.29 is 35.5 Å². The number of nitrogens with one attached hydrogen (secondary N) is 3. The molecule has 0 bridgehead atoms. The number of rotatable bonds is 10. The van der Waals surface area contributed by atoms with Crippen molar-refractivity contribution in [2.24, 2.45) is 0 Å². The van der Waals surface area contributed by atoms with Gasteiger partial charge in [0, 0.05) is 44.2 Å². The van der Waals surface area contributed by atoms with E-state index in [9.17, 15) is 30.8 Å². The predicted molar refractivity (Wildman–Crippen MR) is 169 cm³/mol. The molecule has 4 rings (SSSR count). The van der Waals surface area contributed by atoms with Crippen LogP contribution in [0.3, 0.4) is 0 Å². The third-order valence-electron chi connectivity index (χ3n) is 7.28. The minimum atomic E-state index is -4.56. The van der Waals surface area contributed by atoms with E-state index in [0.29, 0.717) is 16.1 Å². The van der Waals surface area contributed by atoms with Crippen molar-refractivity contribution in [3.05, 3.63) is 46.6 Å². The normalized spacial score (nSPS) is 14.4. The Morgan fingerprint density at radius 3 is 2.54 bits per heavy atom. The first-order valence-corrected chi connectivity index (χ1v) is 16.7. The van der Waals surface area contributed by atoms with E-state index in [4.69, 9.17) is 10.00 Å². The van der Waals surface area contributed by atoms with E-state index in [1.807, 2.05) is 6.07 Å². The summed E-state index contributed by atoms with van der Waals surface area (Å²) in [4.78, 5) is 13.0. The largest absolute Gasteiger partial charge is 0.477 e. The summed E-state index contributed by atoms with van der Waals surface area (Å²) in [5.74, 6) is 3.24. The Morgan fingerprint density at radius 1 is 1.20 bits per heavy atom. The maximum Gasteiger partial charge on any atom is 0.393 e. The van der Waals surface area contributed by atoms with Gasteiger partial charge < -0.3 is 20.3 Å². The summed E-state index contributed by atoms with van der Waals surface area (Å²) >= 11 is 1.16. The highest BCUT2D eigenvalue weighted by Gasteiger charge is 2.31. The Kier molecular flexibility index (Phi) is 11.0. The molecule has 9 nitrogen and oxygen atoms in total. The first-order chi connectivity index (χ1) is 21.7. The van der Waals surface area contributed by atoms with Gasteiger partial charge in [0.05, 0.1) is 33.9 Å². The molecule has 0 spiro atoms. The molecule has 246 valence electrons. The van der Waals surface area contributed by atoms with Crippen LogP contribution in [-0.4, -0.2) is 63.7 Å². The van der Waals surface area contributed by atoms with E-state index in [1.54, 1.807) is 22.9 Å². The second-order valence-electron chi connectivity index (χ2n) is 11.0. The molecule has 15 heteroatoms. The van der Waals surface area contributed by atoms with Gasteiger partial charge in [0.15, 0.2) is 6.61 Å². The lowest BCUT2D eigenvalue weighted by Gasteiger charge is -2.35. The van der Waals surface area contributed by atoms with E-state index < -0.39 is 45.8 Å². The van der Waals surface area contributed by atoms with Crippen molar-refractivity contribution in [1.29, 1.82) is 5.26 Å². The van der Waals surface area contributed by atoms with Crippen molar-refractivity contribution >= 4 is 48.7 Å². The van der Waals surface area contributed by atoms with Gasteiger partial charge in [-0.15, -0.1) is 11.3 Å². The number of carbonyl (C=O) groups excluding carboxylic acids is 1. The fourth-order valence-corrected chi connectivity index (χ4v) is 7.39. The average Bonchev–Trinajstić information content (AvgIpc) is 3.30. The highest BCUT2D eigenvalue weighted by atomic mass is 32.2. The first kappa shape index (κ1) is 34.8. The monoisotopic (exact) mass is 679 g/mol. The number of likely N-dealkylation sites (tertiary alicyclic amines) is 1. The van der Waals surface area contributed by atoms with Gasteiger partial charge in [-0.2, -0.15) is 18.4 Å². The van der Waals surface area contributed by atoms with Crippen LogP contribution in [0.4, 0.5) is 28.9 Å². The number of fused-ring (bicyclic) bond motifs is 1. The molecule has 1 aliphatic rings. The summed E-state index contributed by atoms with van der Waals surface area (Å²) < 4.78 is 88.2. The second-order valence-corrected chi connectivity index (χ2v) is 13.6. The Balaban J connectivity index is 1.60. The molecule has 0 saturated carbocycles. The summed E-state index contributed by atoms with van der Waals surface area (Å²) in [6.45, 7) is 6.43. The van der Waals surface area contributed by atoms with Crippen molar-refractivity contribution in [1.82, 2.24) is 9.62 Å². The summed E-state index contributed by atoms with van der Waals surface area (Å²) in [6.07, 6.45) is -3.81. The Bertz CT molecular complexity index is 1800. The molecular weight excluding hydrogens is 646 g/mol. The van der Waals surface area contributed by atoms with Crippen LogP contribution in [-0.2, 0) is 21.2 Å². The number of amides is 1. The van der Waals surface area contributed by atoms with Gasteiger partial charge in [-0.25, -0.2) is 17.5 Å². The number of thiophene rings is 1. The molecule has 0 unspecified atom stereocenters. The third kappa shape index (κ3) is 8.81. The number of alkyl halides is 3. The number of nitrogens with zero attached hydrogens (tertiary/aromatic N) is 2. The van der Waals surface area contributed by atoms with E-state index in [2.05, 4.69) is 41.2 Å². The Hall–Kier alpha value is -4.05. The zero-order valence-electron chi connectivity index (χ0n) is 25.3. The number of ether oxygens (including phenoxy) is 1. The standard InChI is InChI=1S/C31H33F4N5O4S2/c1-19(2)40-13-9-21(10-14-40)38-25-7-4-6-22-23(18-31(33,34)35)28(45-30(22)25)8-5-12-37-26-16-24(32)29(17-27(26)44-15-11-36)46(42,43)39-20(3)41/h4,6-7,16-17,19,21,37-38H,9-10,12-15,18H2,1-3H3,(H,39,41). The molecule has 3 N–H and O–H groups in total. The molecule has 2 heterocycles. The SMILES string of the molecule is CC(=O)NS(=O)(=O)c1cc(OCC#N)c(NCC#Cc2sc3c(NC4CCN(C(C)C)CC4)cccc3c2CC(F)(F)F)cc1F. The molecule has 1 amide bonds. The molecule has 1 saturated heterocycles. The zero-order chi connectivity index (χ0) is 33.6. The van der Waals surface area contributed by atoms with Crippen molar-refractivity contribution in [2.75, 3.05) is 36.9 Å². The number of carbonyl (C=O) groups is 1. The fourth-order valence-electron chi connectivity index (χ4n) is 5.16. The number of anilines is 2. The first-order valence-electron chi connectivity index (χ1n) is 14.4. The van der Waals surface area contributed by atoms with E-state index in [-0.39, 0.29) is 34.5 Å². The molecule has 0 atom stereocenters. The maximum atomic E-state index is 14.8. The number of halogens is 4. The van der Waals surface area contributed by atoms with Crippen molar-refractivity contribution in [3.8, 4) is 23.7 Å². The third-order valence-corrected chi connectivity index (χ3v) is 9.92. The lowest BCUT2D eigenvalue weighted by Crippen LogP contribution is -2.42. The van der Waals surface area contributed by atoms with Crippen LogP contribution in [0.25, 0.3) is 10.1 Å². The minimum absolute atomic E-state index is 0.0503. The molecule has 1 aliphatic heterocycles. The van der Waals surface area contributed by atoms with Gasteiger partial charge in [0.25, 0.3) is 10.0 Å². The molecular formula is C31H33F4N5O4S2. The number of nitriles is 1. The van der Waals surface area contributed by atoms with Gasteiger partial charge in [-0.1, -0.05) is 24.0 Å². The summed E-state index contributed by atoms with van der Waals surface area (Å²) in [5.41, 5.74) is 0.768. The van der Waals surface area contributed by atoms with E-state index in [1.165, 1.54) is 0 Å². The van der Waals surface area contributed by atoms with Crippen LogP contribution in [0.2, 0.25) is 0 Å². The van der Waals surface area contributed by atoms with Crippen LogP contribution in [0.15, 0.2) is 35.2 Å². The van der Waals surface area contributed by atoms with Crippen LogP contribution < -0.4 is 20.1 Å². The second kappa shape index (κ2) is 14.6. The Labute approximate surface area is 269 Å². The quantitative estimate of drug-likeness (QED) is 0.187. The van der Waals surface area contributed by atoms with Crippen LogP contribution >= 0.6 is 11.3 Å². The summed E-state index contributed by atoms with van der Waals surface area (Å²) in [6, 6.07) is 9.22. The van der Waals surface area contributed by atoms with Crippen LogP contribution in [0.1, 0.15) is 44.1 Å². The predicted octanol–water partition coefficient (Wildman–Crippen LogP) is 5.62. The average molecular weight is 680 g/mol. The van der Waals surface area contributed by atoms with Crippen molar-refractivity contribution in [2.45, 2.75) is 63.2 Å². The van der Waals surface area contributed by atoms with Gasteiger partial charge >= 0.3 is 6.18 Å². The highest BCUT2D eigenvalue weighted by Crippen LogP contribution is 2.39. The molecule has 1 aromatic heterocycles. The van der Waals surface area contributed by atoms with Gasteiger partial charge in [0.1, 0.15) is 22.5 Å². The molecule has 2 aromatic carbocycles. The van der Waals surface area contributed by atoms with E-state index >= 15 is 0 Å². The molecule has 1 fully saturated rings. The van der Waals surface area contributed by atoms with Crippen LogP contribution in [0, 0.1) is 29.0 Å². The zero-order valence-corrected chi connectivity index (χ0v) is 27.0. The number of sulfonamides is 1. The topological polar surface area (TPSA) is 124 Å². The summed E-state index contributed by atoms with van der Waals surface area (Å²) in [5, 5.41) is 15.7. The lowest BCUT2D eigenvalue weighted by molar-refractivity contribution is -0.127. The highest BCUT2D eigenvalue weighted by molar-refractivity contribution is 7.90. The number of hydrogen-bond acceptors (Lipinski definition) is 9. The molecule has 0 radical (unpaired) electrons. The van der Waals surface area contributed by atoms with Gasteiger partial charge in [-0.3, -0.25) is 4.79 Å². The number of benzene rings is 2. The molecule has 46 heavy (non-hydrogen) atoms. The van der Waals surface area contributed by atoms with Gasteiger partial charge in [-0.05, 0) is 43.7 Å². The van der Waals surface area contributed by atoms with E-state index in [0.717, 1.165) is 62.0 Å². The van der Waals surface area contributed by atoms with Crippen molar-refractivity contribution in [3.63, 3.8) is 0 Å². The molecule has 0 aliphatic carbocycles. The fraction of sp³-hybridized carbons (Fsp3) is 0.419. The van der Waals surface area contributed by atoms with Gasteiger partial charge in [0.2, 0.25) is 5.91 Å². The molecule has 3 aromatic rings. The Morgan fingerprint density at radius 2 is 1.91 bits per heavy atom. The number of piperidine rings is 1. The lowest BCUT2D eigenvalue weighted by atomic mass is 10.0. The smallest absolute Gasteiger partial charge is 0.393 e. The van der Waals surface area contributed by atoms with Crippen LogP contribution in [0.5, 0.6) is 5.75 Å². The number of hydrogen-bond donors (Lipinski definition) is 3.